The van der Waals surface area contributed by atoms with Crippen LogP contribution in [0.25, 0.3) is 0 Å². The van der Waals surface area contributed by atoms with E-state index in [0.717, 1.165) is 19.5 Å². The predicted molar refractivity (Wildman–Crippen MR) is 44.6 cm³/mol. The van der Waals surface area contributed by atoms with Crippen molar-refractivity contribution >= 4 is 5.97 Å². The van der Waals surface area contributed by atoms with Crippen LogP contribution in [-0.4, -0.2) is 25.7 Å². The Kier molecular flexibility index (Phi) is 2.05. The van der Waals surface area contributed by atoms with Gasteiger partial charge in [-0.3, -0.25) is 4.79 Å². The van der Waals surface area contributed by atoms with Gasteiger partial charge in [-0.2, -0.15) is 0 Å². The normalized spacial score (nSPS) is 38.6. The predicted octanol–water partition coefficient (Wildman–Crippen LogP) is 0.405. The molecule has 1 aliphatic heterocycles. The van der Waals surface area contributed by atoms with Crippen LogP contribution in [-0.2, 0) is 9.53 Å². The minimum absolute atomic E-state index is 0.0243. The minimum atomic E-state index is 0.0243. The molecule has 2 aliphatic rings. The number of carbonyl (C=O) groups is 1. The molecular formula is C9H15NO2. The van der Waals surface area contributed by atoms with Crippen molar-refractivity contribution in [1.29, 1.82) is 0 Å². The van der Waals surface area contributed by atoms with E-state index in [1.807, 2.05) is 6.92 Å². The van der Waals surface area contributed by atoms with Gasteiger partial charge >= 0.3 is 5.97 Å². The molecule has 0 radical (unpaired) electrons. The highest BCUT2D eigenvalue weighted by molar-refractivity contribution is 5.76. The summed E-state index contributed by atoms with van der Waals surface area (Å²) in [4.78, 5) is 11.3. The Morgan fingerprint density at radius 2 is 2.42 bits per heavy atom. The fourth-order valence-corrected chi connectivity index (χ4v) is 2.24. The van der Waals surface area contributed by atoms with Crippen molar-refractivity contribution < 1.29 is 9.53 Å². The third-order valence-corrected chi connectivity index (χ3v) is 2.92. The summed E-state index contributed by atoms with van der Waals surface area (Å²) < 4.78 is 4.99. The summed E-state index contributed by atoms with van der Waals surface area (Å²) in [7, 11) is 0. The van der Waals surface area contributed by atoms with E-state index in [-0.39, 0.29) is 11.9 Å². The van der Waals surface area contributed by atoms with E-state index in [4.69, 9.17) is 4.74 Å². The van der Waals surface area contributed by atoms with Gasteiger partial charge in [0.05, 0.1) is 12.5 Å². The van der Waals surface area contributed by atoms with Gasteiger partial charge in [0.25, 0.3) is 0 Å². The first-order valence-corrected chi connectivity index (χ1v) is 4.72. The number of carbonyl (C=O) groups excluding carboxylic acids is 1. The lowest BCUT2D eigenvalue weighted by molar-refractivity contribution is -0.145. The monoisotopic (exact) mass is 169 g/mol. The summed E-state index contributed by atoms with van der Waals surface area (Å²) in [5.74, 6) is 1.46. The number of rotatable bonds is 2. The van der Waals surface area contributed by atoms with Crippen LogP contribution in [0.4, 0.5) is 0 Å². The zero-order valence-corrected chi connectivity index (χ0v) is 7.38. The summed E-state index contributed by atoms with van der Waals surface area (Å²) in [6, 6.07) is 0. The van der Waals surface area contributed by atoms with Crippen LogP contribution in [0.3, 0.4) is 0 Å². The Balaban J connectivity index is 1.87. The van der Waals surface area contributed by atoms with Crippen LogP contribution >= 0.6 is 0 Å². The van der Waals surface area contributed by atoms with Crippen molar-refractivity contribution in [2.24, 2.45) is 17.8 Å². The molecule has 0 spiro atoms. The third kappa shape index (κ3) is 1.22. The second-order valence-electron chi connectivity index (χ2n) is 3.60. The number of nitrogens with one attached hydrogen (secondary N) is 1. The summed E-state index contributed by atoms with van der Waals surface area (Å²) >= 11 is 0. The van der Waals surface area contributed by atoms with E-state index in [0.29, 0.717) is 18.4 Å². The number of piperidine rings is 1. The first kappa shape index (κ1) is 8.05. The molecule has 0 bridgehead atoms. The molecule has 1 N–H and O–H groups in total. The van der Waals surface area contributed by atoms with Crippen molar-refractivity contribution in [1.82, 2.24) is 5.32 Å². The van der Waals surface area contributed by atoms with Gasteiger partial charge in [-0.25, -0.2) is 0 Å². The Labute approximate surface area is 72.5 Å². The second-order valence-corrected chi connectivity index (χ2v) is 3.60. The van der Waals surface area contributed by atoms with Crippen molar-refractivity contribution in [3.8, 4) is 0 Å². The summed E-state index contributed by atoms with van der Waals surface area (Å²) in [6.45, 7) is 4.45. The second kappa shape index (κ2) is 3.05. The topological polar surface area (TPSA) is 38.3 Å². The highest BCUT2D eigenvalue weighted by Crippen LogP contribution is 2.50. The molecule has 3 atom stereocenters. The average molecular weight is 169 g/mol. The van der Waals surface area contributed by atoms with E-state index in [9.17, 15) is 4.79 Å². The molecule has 0 aromatic carbocycles. The van der Waals surface area contributed by atoms with Crippen molar-refractivity contribution in [2.45, 2.75) is 13.3 Å². The van der Waals surface area contributed by atoms with Gasteiger partial charge in [0.1, 0.15) is 0 Å². The molecule has 1 saturated heterocycles. The van der Waals surface area contributed by atoms with Crippen LogP contribution in [0, 0.1) is 17.8 Å². The molecule has 12 heavy (non-hydrogen) atoms. The van der Waals surface area contributed by atoms with Crippen LogP contribution in [0.2, 0.25) is 0 Å². The maximum Gasteiger partial charge on any atom is 0.309 e. The van der Waals surface area contributed by atoms with Crippen molar-refractivity contribution in [3.63, 3.8) is 0 Å². The third-order valence-electron chi connectivity index (χ3n) is 2.92. The molecule has 2 fully saturated rings. The van der Waals surface area contributed by atoms with Gasteiger partial charge in [-0.05, 0) is 38.3 Å². The van der Waals surface area contributed by atoms with Crippen LogP contribution < -0.4 is 5.32 Å². The van der Waals surface area contributed by atoms with E-state index >= 15 is 0 Å². The number of esters is 1. The first-order valence-electron chi connectivity index (χ1n) is 4.72. The first-order chi connectivity index (χ1) is 5.84. The highest BCUT2D eigenvalue weighted by atomic mass is 16.5. The molecule has 1 saturated carbocycles. The van der Waals surface area contributed by atoms with E-state index in [2.05, 4.69) is 5.32 Å². The number of hydrogen-bond acceptors (Lipinski definition) is 3. The smallest absolute Gasteiger partial charge is 0.309 e. The van der Waals surface area contributed by atoms with Crippen LogP contribution in [0.1, 0.15) is 13.3 Å². The zero-order chi connectivity index (χ0) is 8.55. The standard InChI is InChI=1S/C9H15NO2/c1-2-12-9(11)8-6-3-4-10-5-7(6)8/h6-8,10H,2-5H2,1H3/t6-,7-,8+/m1/s1. The Morgan fingerprint density at radius 1 is 1.58 bits per heavy atom. The molecule has 0 amide bonds. The molecule has 1 aliphatic carbocycles. The molecule has 3 heteroatoms. The quantitative estimate of drug-likeness (QED) is 0.608. The number of ether oxygens (including phenoxy) is 1. The lowest BCUT2D eigenvalue weighted by atomic mass is 10.2. The molecule has 0 unspecified atom stereocenters. The highest BCUT2D eigenvalue weighted by Gasteiger charge is 2.55. The number of hydrogen-bond donors (Lipinski definition) is 1. The van der Waals surface area contributed by atoms with Gasteiger partial charge in [0.15, 0.2) is 0 Å². The van der Waals surface area contributed by atoms with E-state index in [1.165, 1.54) is 0 Å². The molecule has 3 nitrogen and oxygen atoms in total. The largest absolute Gasteiger partial charge is 0.466 e. The van der Waals surface area contributed by atoms with Gasteiger partial charge < -0.3 is 10.1 Å². The zero-order valence-electron chi connectivity index (χ0n) is 7.38. The summed E-state index contributed by atoms with van der Waals surface area (Å²) in [5.41, 5.74) is 0. The van der Waals surface area contributed by atoms with Gasteiger partial charge in [0.2, 0.25) is 0 Å². The Bertz CT molecular complexity index is 181. The van der Waals surface area contributed by atoms with Gasteiger partial charge in [-0.1, -0.05) is 0 Å². The molecule has 2 rings (SSSR count). The molecule has 68 valence electrons. The van der Waals surface area contributed by atoms with Gasteiger partial charge in [0, 0.05) is 0 Å². The van der Waals surface area contributed by atoms with Crippen molar-refractivity contribution in [2.75, 3.05) is 19.7 Å². The van der Waals surface area contributed by atoms with Crippen LogP contribution in [0.15, 0.2) is 0 Å². The maximum absolute atomic E-state index is 11.3. The minimum Gasteiger partial charge on any atom is -0.466 e. The van der Waals surface area contributed by atoms with E-state index in [1.54, 1.807) is 0 Å². The molecule has 0 aromatic heterocycles. The Morgan fingerprint density at radius 3 is 3.00 bits per heavy atom. The van der Waals surface area contributed by atoms with Crippen LogP contribution in [0.5, 0.6) is 0 Å². The number of fused-ring (bicyclic) bond motifs is 1. The van der Waals surface area contributed by atoms with Gasteiger partial charge in [-0.15, -0.1) is 0 Å². The summed E-state index contributed by atoms with van der Waals surface area (Å²) in [5, 5.41) is 3.30. The summed E-state index contributed by atoms with van der Waals surface area (Å²) in [6.07, 6.45) is 1.15. The molecule has 1 heterocycles. The Hall–Kier alpha value is -0.570. The lowest BCUT2D eigenvalue weighted by Gasteiger charge is -2.07. The SMILES string of the molecule is CCOC(=O)[C@H]1[C@@H]2CCNC[C@H]21. The maximum atomic E-state index is 11.3. The fraction of sp³-hybridized carbons (Fsp3) is 0.889. The molecular weight excluding hydrogens is 154 g/mol. The average Bonchev–Trinajstić information content (AvgIpc) is 2.78. The molecule has 0 aromatic rings. The lowest BCUT2D eigenvalue weighted by Crippen LogP contribution is -2.23. The van der Waals surface area contributed by atoms with E-state index < -0.39 is 0 Å². The fourth-order valence-electron chi connectivity index (χ4n) is 2.24. The van der Waals surface area contributed by atoms with Crippen molar-refractivity contribution in [3.05, 3.63) is 0 Å².